The topological polar surface area (TPSA) is 66.4 Å². The zero-order valence-corrected chi connectivity index (χ0v) is 11.7. The smallest absolute Gasteiger partial charge is 0.326 e. The first kappa shape index (κ1) is 14.8. The standard InChI is InChI=1S/C17H17NO3/c1-12-4-2-3-5-15(12)14-8-6-13(7-9-14)10-16(17(20)21)18-11-19/h2-9,11,16H,10H2,1H3,(H,18,19)(H,20,21). The van der Waals surface area contributed by atoms with E-state index in [1.54, 1.807) is 0 Å². The zero-order chi connectivity index (χ0) is 15.2. The highest BCUT2D eigenvalue weighted by Gasteiger charge is 2.16. The third-order valence-corrected chi connectivity index (χ3v) is 3.42. The Bertz CT molecular complexity index is 635. The number of aryl methyl sites for hydroxylation is 1. The maximum absolute atomic E-state index is 11.0. The van der Waals surface area contributed by atoms with E-state index in [-0.39, 0.29) is 6.42 Å². The van der Waals surface area contributed by atoms with Crippen LogP contribution in [0.3, 0.4) is 0 Å². The van der Waals surface area contributed by atoms with E-state index in [1.165, 1.54) is 5.56 Å². The van der Waals surface area contributed by atoms with E-state index in [1.807, 2.05) is 36.4 Å². The van der Waals surface area contributed by atoms with Gasteiger partial charge >= 0.3 is 5.97 Å². The van der Waals surface area contributed by atoms with Crippen molar-refractivity contribution in [2.45, 2.75) is 19.4 Å². The molecule has 0 aromatic heterocycles. The molecule has 0 saturated heterocycles. The Hall–Kier alpha value is -2.62. The number of rotatable bonds is 6. The zero-order valence-electron chi connectivity index (χ0n) is 11.7. The molecule has 0 spiro atoms. The van der Waals surface area contributed by atoms with E-state index in [4.69, 9.17) is 5.11 Å². The van der Waals surface area contributed by atoms with Crippen LogP contribution in [-0.2, 0) is 16.0 Å². The molecule has 0 aliphatic heterocycles. The second kappa shape index (κ2) is 6.70. The third kappa shape index (κ3) is 3.69. The van der Waals surface area contributed by atoms with Crippen molar-refractivity contribution in [2.75, 3.05) is 0 Å². The molecule has 108 valence electrons. The van der Waals surface area contributed by atoms with Crippen LogP contribution in [0, 0.1) is 6.92 Å². The molecule has 0 fully saturated rings. The molecule has 2 rings (SSSR count). The highest BCUT2D eigenvalue weighted by atomic mass is 16.4. The first-order valence-corrected chi connectivity index (χ1v) is 6.69. The van der Waals surface area contributed by atoms with Gasteiger partial charge in [-0.15, -0.1) is 0 Å². The van der Waals surface area contributed by atoms with Gasteiger partial charge in [0.25, 0.3) is 0 Å². The van der Waals surface area contributed by atoms with E-state index >= 15 is 0 Å². The molecule has 1 unspecified atom stereocenters. The summed E-state index contributed by atoms with van der Waals surface area (Å²) >= 11 is 0. The number of carboxylic acid groups (broad SMARTS) is 1. The fraction of sp³-hybridized carbons (Fsp3) is 0.176. The van der Waals surface area contributed by atoms with E-state index in [0.29, 0.717) is 6.41 Å². The second-order valence-corrected chi connectivity index (χ2v) is 4.89. The first-order valence-electron chi connectivity index (χ1n) is 6.69. The summed E-state index contributed by atoms with van der Waals surface area (Å²) in [6.07, 6.45) is 0.683. The van der Waals surface area contributed by atoms with E-state index in [0.717, 1.165) is 16.7 Å². The molecule has 4 heteroatoms. The Morgan fingerprint density at radius 2 is 1.86 bits per heavy atom. The van der Waals surface area contributed by atoms with Crippen LogP contribution in [0.5, 0.6) is 0 Å². The second-order valence-electron chi connectivity index (χ2n) is 4.89. The lowest BCUT2D eigenvalue weighted by atomic mass is 9.98. The Morgan fingerprint density at radius 3 is 2.43 bits per heavy atom. The highest BCUT2D eigenvalue weighted by molar-refractivity contribution is 5.76. The summed E-state index contributed by atoms with van der Waals surface area (Å²) < 4.78 is 0. The molecule has 2 N–H and O–H groups in total. The van der Waals surface area contributed by atoms with Crippen LogP contribution in [0.1, 0.15) is 11.1 Å². The van der Waals surface area contributed by atoms with Gasteiger partial charge in [0.05, 0.1) is 0 Å². The highest BCUT2D eigenvalue weighted by Crippen LogP contribution is 2.23. The molecule has 2 aromatic carbocycles. The van der Waals surface area contributed by atoms with Gasteiger partial charge in [-0.25, -0.2) is 4.79 Å². The van der Waals surface area contributed by atoms with E-state index in [9.17, 15) is 9.59 Å². The third-order valence-electron chi connectivity index (χ3n) is 3.42. The van der Waals surface area contributed by atoms with Gasteiger partial charge in [-0.3, -0.25) is 4.79 Å². The van der Waals surface area contributed by atoms with Crippen LogP contribution in [0.15, 0.2) is 48.5 Å². The molecule has 2 aromatic rings. The molecular weight excluding hydrogens is 266 g/mol. The Morgan fingerprint density at radius 1 is 1.19 bits per heavy atom. The molecule has 1 amide bonds. The largest absolute Gasteiger partial charge is 0.480 e. The van der Waals surface area contributed by atoms with Crippen LogP contribution in [0.4, 0.5) is 0 Å². The first-order chi connectivity index (χ1) is 10.1. The predicted molar refractivity (Wildman–Crippen MR) is 80.9 cm³/mol. The van der Waals surface area contributed by atoms with E-state index < -0.39 is 12.0 Å². The van der Waals surface area contributed by atoms with Crippen molar-refractivity contribution in [1.29, 1.82) is 0 Å². The summed E-state index contributed by atoms with van der Waals surface area (Å²) in [6.45, 7) is 2.05. The normalized spacial score (nSPS) is 11.7. The summed E-state index contributed by atoms with van der Waals surface area (Å²) in [5.74, 6) is -1.04. The molecular formula is C17H17NO3. The van der Waals surface area contributed by atoms with Crippen LogP contribution in [0.2, 0.25) is 0 Å². The van der Waals surface area contributed by atoms with Crippen LogP contribution >= 0.6 is 0 Å². The summed E-state index contributed by atoms with van der Waals surface area (Å²) in [7, 11) is 0. The lowest BCUT2D eigenvalue weighted by Crippen LogP contribution is -2.37. The molecule has 0 aliphatic carbocycles. The molecule has 21 heavy (non-hydrogen) atoms. The maximum Gasteiger partial charge on any atom is 0.326 e. The fourth-order valence-electron chi connectivity index (χ4n) is 2.25. The number of nitrogens with one attached hydrogen (secondary N) is 1. The average molecular weight is 283 g/mol. The number of carboxylic acids is 1. The quantitative estimate of drug-likeness (QED) is 0.800. The van der Waals surface area contributed by atoms with Crippen molar-refractivity contribution in [3.05, 3.63) is 59.7 Å². The van der Waals surface area contributed by atoms with Crippen LogP contribution in [0.25, 0.3) is 11.1 Å². The van der Waals surface area contributed by atoms with Gasteiger partial charge in [-0.2, -0.15) is 0 Å². The van der Waals surface area contributed by atoms with Crippen molar-refractivity contribution in [2.24, 2.45) is 0 Å². The minimum atomic E-state index is -1.04. The van der Waals surface area contributed by atoms with Gasteiger partial charge in [0.2, 0.25) is 6.41 Å². The lowest BCUT2D eigenvalue weighted by Gasteiger charge is -2.12. The number of aliphatic carboxylic acids is 1. The molecule has 0 radical (unpaired) electrons. The van der Waals surface area contributed by atoms with Crippen molar-refractivity contribution in [3.63, 3.8) is 0 Å². The average Bonchev–Trinajstić information content (AvgIpc) is 2.48. The summed E-state index contributed by atoms with van der Waals surface area (Å²) in [4.78, 5) is 21.4. The number of benzene rings is 2. The minimum absolute atomic E-state index is 0.266. The monoisotopic (exact) mass is 283 g/mol. The number of carbonyl (C=O) groups is 2. The fourth-order valence-corrected chi connectivity index (χ4v) is 2.25. The van der Waals surface area contributed by atoms with Gasteiger partial charge in [0, 0.05) is 6.42 Å². The summed E-state index contributed by atoms with van der Waals surface area (Å²) in [5, 5.41) is 11.3. The molecule has 0 heterocycles. The van der Waals surface area contributed by atoms with Crippen molar-refractivity contribution in [1.82, 2.24) is 5.32 Å². The summed E-state index contributed by atoms with van der Waals surface area (Å²) in [5.41, 5.74) is 4.31. The van der Waals surface area contributed by atoms with Crippen LogP contribution in [-0.4, -0.2) is 23.5 Å². The molecule has 0 aliphatic rings. The van der Waals surface area contributed by atoms with Gasteiger partial charge in [-0.05, 0) is 29.2 Å². The predicted octanol–water partition coefficient (Wildman–Crippen LogP) is 2.40. The van der Waals surface area contributed by atoms with Gasteiger partial charge < -0.3 is 10.4 Å². The van der Waals surface area contributed by atoms with Gasteiger partial charge in [0.15, 0.2) is 0 Å². The minimum Gasteiger partial charge on any atom is -0.480 e. The van der Waals surface area contributed by atoms with Crippen molar-refractivity contribution < 1.29 is 14.7 Å². The van der Waals surface area contributed by atoms with Crippen molar-refractivity contribution in [3.8, 4) is 11.1 Å². The SMILES string of the molecule is Cc1ccccc1-c1ccc(CC(NC=O)C(=O)O)cc1. The van der Waals surface area contributed by atoms with Gasteiger partial charge in [0.1, 0.15) is 6.04 Å². The Labute approximate surface area is 123 Å². The lowest BCUT2D eigenvalue weighted by molar-refractivity contribution is -0.140. The molecule has 0 saturated carbocycles. The number of hydrogen-bond donors (Lipinski definition) is 2. The molecule has 1 atom stereocenters. The Balaban J connectivity index is 2.17. The number of hydrogen-bond acceptors (Lipinski definition) is 2. The van der Waals surface area contributed by atoms with Crippen LogP contribution < -0.4 is 5.32 Å². The van der Waals surface area contributed by atoms with E-state index in [2.05, 4.69) is 24.4 Å². The number of carbonyl (C=O) groups excluding carboxylic acids is 1. The summed E-state index contributed by atoms with van der Waals surface area (Å²) in [6, 6.07) is 14.9. The molecule has 4 nitrogen and oxygen atoms in total. The van der Waals surface area contributed by atoms with Gasteiger partial charge in [-0.1, -0.05) is 48.5 Å². The van der Waals surface area contributed by atoms with Crippen molar-refractivity contribution >= 4 is 12.4 Å². The number of amides is 1. The molecule has 0 bridgehead atoms. The Kier molecular flexibility index (Phi) is 4.72. The maximum atomic E-state index is 11.0.